The average molecular weight is 1110 g/mol. The number of hydrogen-bond acceptors (Lipinski definition) is 16. The van der Waals surface area contributed by atoms with E-state index in [9.17, 15) is 19.8 Å². The van der Waals surface area contributed by atoms with E-state index in [1.54, 1.807) is 29.7 Å². The van der Waals surface area contributed by atoms with Gasteiger partial charge in [0, 0.05) is 75.6 Å². The molecule has 5 saturated heterocycles. The summed E-state index contributed by atoms with van der Waals surface area (Å²) < 4.78 is 29.4. The number of aryl methyl sites for hydroxylation is 2. The Balaban J connectivity index is 0.640. The Morgan fingerprint density at radius 1 is 0.938 bits per heavy atom. The van der Waals surface area contributed by atoms with Gasteiger partial charge in [-0.2, -0.15) is 9.97 Å². The van der Waals surface area contributed by atoms with Gasteiger partial charge in [-0.3, -0.25) is 19.5 Å². The first-order valence-electron chi connectivity index (χ1n) is 28.7. The minimum atomic E-state index is -0.816. The number of piperidine rings is 1. The minimum absolute atomic E-state index is 0.0438. The zero-order valence-electron chi connectivity index (χ0n) is 46.3. The molecule has 5 fully saturated rings. The van der Waals surface area contributed by atoms with Crippen LogP contribution in [0.15, 0.2) is 76.9 Å². The first kappa shape index (κ1) is 53.8. The predicted molar refractivity (Wildman–Crippen MR) is 307 cm³/mol. The number of likely N-dealkylation sites (tertiary alicyclic amines) is 2. The highest BCUT2D eigenvalue weighted by Crippen LogP contribution is 2.41. The number of aliphatic hydroxyl groups excluding tert-OH is 1. The number of phenolic OH excluding ortho intramolecular Hbond substituents is 1. The topological polar surface area (TPSA) is 198 Å². The number of fused-ring (bicyclic) bond motifs is 4. The molecule has 9 heterocycles. The van der Waals surface area contributed by atoms with Gasteiger partial charge < -0.3 is 44.8 Å². The third-order valence-corrected chi connectivity index (χ3v) is 18.5. The Morgan fingerprint density at radius 2 is 1.71 bits per heavy atom. The van der Waals surface area contributed by atoms with E-state index < -0.39 is 23.9 Å². The van der Waals surface area contributed by atoms with Crippen molar-refractivity contribution in [1.29, 1.82) is 0 Å². The summed E-state index contributed by atoms with van der Waals surface area (Å²) in [6.45, 7) is 16.2. The number of aromatic hydroxyl groups is 1. The highest BCUT2D eigenvalue weighted by atomic mass is 32.1. The Kier molecular flexibility index (Phi) is 15.2. The zero-order chi connectivity index (χ0) is 55.3. The molecule has 420 valence electrons. The Labute approximate surface area is 469 Å². The third kappa shape index (κ3) is 10.8. The lowest BCUT2D eigenvalue weighted by Gasteiger charge is -2.42. The second-order valence-electron chi connectivity index (χ2n) is 23.4. The average Bonchev–Trinajstić information content (AvgIpc) is 4.30. The predicted octanol–water partition coefficient (Wildman–Crippen LogP) is 8.81. The summed E-state index contributed by atoms with van der Waals surface area (Å²) in [4.78, 5) is 56.5. The molecule has 5 aliphatic rings. The molecule has 0 saturated carbocycles. The lowest BCUT2D eigenvalue weighted by molar-refractivity contribution is -0.141. The monoisotopic (exact) mass is 1110 g/mol. The minimum Gasteiger partial charge on any atom is -0.508 e. The largest absolute Gasteiger partial charge is 0.508 e. The Hall–Kier alpha value is -6.80. The fourth-order valence-corrected chi connectivity index (χ4v) is 14.0. The number of aliphatic hydroxyl groups is 1. The summed E-state index contributed by atoms with van der Waals surface area (Å²) in [7, 11) is 0. The number of aromatic nitrogens is 5. The molecule has 2 bridgehead atoms. The molecule has 3 aromatic carbocycles. The number of ether oxygens (including phenoxy) is 1. The van der Waals surface area contributed by atoms with E-state index in [1.165, 1.54) is 4.90 Å². The van der Waals surface area contributed by atoms with Crippen LogP contribution in [0.25, 0.3) is 43.4 Å². The molecule has 5 aliphatic heterocycles. The summed E-state index contributed by atoms with van der Waals surface area (Å²) in [5, 5.41) is 35.0. The number of rotatable bonds is 17. The lowest BCUT2D eigenvalue weighted by atomic mass is 9.83. The molecule has 19 heteroatoms. The third-order valence-electron chi connectivity index (χ3n) is 17.5. The quantitative estimate of drug-likeness (QED) is 0.0674. The number of phenols is 1. The van der Waals surface area contributed by atoms with Crippen molar-refractivity contribution in [2.45, 2.75) is 116 Å². The van der Waals surface area contributed by atoms with Crippen LogP contribution in [0.2, 0.25) is 0 Å². The van der Waals surface area contributed by atoms with Crippen LogP contribution in [0.4, 0.5) is 16.0 Å². The van der Waals surface area contributed by atoms with Crippen LogP contribution in [-0.4, -0.2) is 140 Å². The number of thiazole rings is 1. The van der Waals surface area contributed by atoms with Gasteiger partial charge in [-0.05, 0) is 123 Å². The number of nitrogens with zero attached hydrogens (tertiary/aromatic N) is 9. The summed E-state index contributed by atoms with van der Waals surface area (Å²) in [6.07, 6.45) is 7.23. The van der Waals surface area contributed by atoms with Gasteiger partial charge in [0.2, 0.25) is 11.8 Å². The summed E-state index contributed by atoms with van der Waals surface area (Å²) in [5.41, 5.74) is 6.69. The van der Waals surface area contributed by atoms with Gasteiger partial charge in [-0.1, -0.05) is 68.4 Å². The number of pyridine rings is 1. The summed E-state index contributed by atoms with van der Waals surface area (Å²) >= 11 is 1.59. The Bertz CT molecular complexity index is 3380. The number of carbonyl (C=O) groups excluding carboxylic acids is 2. The standard InChI is InChI=1S/C61H72FN11O6S/c1-6-39-8-7-9-42-23-45(74)24-47(53(39)42)55-54(62)56-48(27-63-55)58(72-30-43-14-15-44(31-72)66-43)68-61(67-56)78-21-20-70-18-16-37(17-19-70)22-38-28-71(29-38)51-26-50(79-69-51)52(34(2)3)60(77)73-32-46(75)25-49(73)59(76)65-35(4)40-10-12-41(13-11-40)57-36(5)64-33-80-57/h7-13,23-24,26-27,33-35,37-38,43-44,46,49,52,66,74-75H,6,14-22,25,28-32H2,1-5H3,(H,65,76)/t35-,43?,44?,46+,49-,52-/m0/s1. The van der Waals surface area contributed by atoms with E-state index in [2.05, 4.69) is 42.4 Å². The van der Waals surface area contributed by atoms with Crippen molar-refractivity contribution in [2.75, 3.05) is 68.8 Å². The number of nitrogens with one attached hydrogen (secondary N) is 2. The van der Waals surface area contributed by atoms with Crippen molar-refractivity contribution in [3.63, 3.8) is 0 Å². The first-order chi connectivity index (χ1) is 38.7. The van der Waals surface area contributed by atoms with Crippen LogP contribution in [0, 0.1) is 30.5 Å². The molecule has 7 aromatic rings. The normalized spacial score (nSPS) is 21.7. The molecule has 12 rings (SSSR count). The maximum absolute atomic E-state index is 17.1. The SMILES string of the molecule is CCc1cccc2cc(O)cc(-c3ncc4c(N5CC6CCC(C5)N6)nc(OCCN5CCC(CC6CN(c7cc([C@@H](C(=O)N8C[C@H](O)C[C@H]8C(=O)N[C@@H](C)c8ccc(-c9scnc9C)cc8)C(C)C)on7)C6)CC5)nc4c3F)c12. The molecule has 0 spiro atoms. The number of benzene rings is 3. The van der Waals surface area contributed by atoms with Gasteiger partial charge in [-0.15, -0.1) is 11.3 Å². The number of carbonyl (C=O) groups is 2. The first-order valence-corrected chi connectivity index (χ1v) is 29.6. The lowest BCUT2D eigenvalue weighted by Crippen LogP contribution is -2.51. The molecule has 2 unspecified atom stereocenters. The van der Waals surface area contributed by atoms with Gasteiger partial charge >= 0.3 is 6.01 Å². The molecule has 17 nitrogen and oxygen atoms in total. The number of hydrogen-bond donors (Lipinski definition) is 4. The van der Waals surface area contributed by atoms with E-state index in [4.69, 9.17) is 24.2 Å². The molecule has 80 heavy (non-hydrogen) atoms. The molecule has 4 aromatic heterocycles. The van der Waals surface area contributed by atoms with Crippen LogP contribution in [0.5, 0.6) is 11.8 Å². The van der Waals surface area contributed by atoms with Crippen LogP contribution in [0.1, 0.15) is 101 Å². The molecular weight excluding hydrogens is 1030 g/mol. The van der Waals surface area contributed by atoms with Crippen LogP contribution >= 0.6 is 11.3 Å². The van der Waals surface area contributed by atoms with Crippen molar-refractivity contribution < 1.29 is 33.5 Å². The molecular formula is C61H72FN11O6S. The fraction of sp³-hybridized carbons (Fsp3) is 0.492. The maximum Gasteiger partial charge on any atom is 0.319 e. The fourth-order valence-electron chi connectivity index (χ4n) is 13.2. The van der Waals surface area contributed by atoms with Crippen LogP contribution < -0.4 is 25.2 Å². The van der Waals surface area contributed by atoms with Crippen LogP contribution in [-0.2, 0) is 16.0 Å². The van der Waals surface area contributed by atoms with Crippen molar-refractivity contribution in [1.82, 2.24) is 45.5 Å². The Morgan fingerprint density at radius 3 is 2.44 bits per heavy atom. The van der Waals surface area contributed by atoms with E-state index in [-0.39, 0.29) is 59.7 Å². The number of halogens is 1. The highest BCUT2D eigenvalue weighted by molar-refractivity contribution is 7.13. The van der Waals surface area contributed by atoms with E-state index in [0.29, 0.717) is 65.4 Å². The number of β-amino-alcohol motifs (C(OH)–C–C–N with tert-alkyl or cyclic N) is 1. The summed E-state index contributed by atoms with van der Waals surface area (Å²) in [6, 6.07) is 18.9. The highest BCUT2D eigenvalue weighted by Gasteiger charge is 2.44. The second kappa shape index (κ2) is 22.6. The zero-order valence-corrected chi connectivity index (χ0v) is 47.1. The number of anilines is 2. The van der Waals surface area contributed by atoms with Gasteiger partial charge in [0.15, 0.2) is 17.4 Å². The van der Waals surface area contributed by atoms with E-state index in [0.717, 1.165) is 116 Å². The number of amides is 2. The summed E-state index contributed by atoms with van der Waals surface area (Å²) in [5.74, 6) is 1.04. The molecule has 2 amide bonds. The molecule has 0 aliphatic carbocycles. The maximum atomic E-state index is 17.1. The smallest absolute Gasteiger partial charge is 0.319 e. The van der Waals surface area contributed by atoms with Gasteiger partial charge in [0.1, 0.15) is 41.3 Å². The van der Waals surface area contributed by atoms with E-state index in [1.807, 2.05) is 81.7 Å². The number of piperazine rings is 1. The molecule has 0 radical (unpaired) electrons. The van der Waals surface area contributed by atoms with Gasteiger partial charge in [0.25, 0.3) is 0 Å². The van der Waals surface area contributed by atoms with Crippen molar-refractivity contribution >= 4 is 56.5 Å². The molecule has 6 atom stereocenters. The van der Waals surface area contributed by atoms with Gasteiger partial charge in [0.05, 0.1) is 33.6 Å². The van der Waals surface area contributed by atoms with Crippen molar-refractivity contribution in [3.8, 4) is 33.5 Å². The van der Waals surface area contributed by atoms with Crippen molar-refractivity contribution in [2.24, 2.45) is 17.8 Å². The van der Waals surface area contributed by atoms with Crippen molar-refractivity contribution in [3.05, 3.63) is 101 Å². The van der Waals surface area contributed by atoms with Gasteiger partial charge in [-0.25, -0.2) is 9.37 Å². The van der Waals surface area contributed by atoms with Crippen LogP contribution in [0.3, 0.4) is 0 Å². The van der Waals surface area contributed by atoms with E-state index >= 15 is 4.39 Å². The second-order valence-corrected chi connectivity index (χ2v) is 24.2. The molecule has 4 N–H and O–H groups in total.